The summed E-state index contributed by atoms with van der Waals surface area (Å²) >= 11 is 0. The van der Waals surface area contributed by atoms with Crippen molar-refractivity contribution >= 4 is 11.8 Å². The van der Waals surface area contributed by atoms with Gasteiger partial charge in [-0.15, -0.1) is 0 Å². The Morgan fingerprint density at radius 2 is 1.64 bits per heavy atom. The first-order valence-electron chi connectivity index (χ1n) is 8.40. The third-order valence-electron chi connectivity index (χ3n) is 4.56. The van der Waals surface area contributed by atoms with Crippen molar-refractivity contribution in [2.75, 3.05) is 39.4 Å². The first kappa shape index (κ1) is 17.2. The lowest BCUT2D eigenvalue weighted by Gasteiger charge is -2.38. The van der Waals surface area contributed by atoms with Crippen LogP contribution in [-0.4, -0.2) is 73.1 Å². The number of ether oxygens (including phenoxy) is 1. The Balaban J connectivity index is 1.80. The molecule has 0 aromatic heterocycles. The predicted molar refractivity (Wildman–Crippen MR) is 84.4 cm³/mol. The molecule has 2 rings (SSSR count). The van der Waals surface area contributed by atoms with Gasteiger partial charge < -0.3 is 15.0 Å². The zero-order chi connectivity index (χ0) is 16.1. The van der Waals surface area contributed by atoms with Gasteiger partial charge in [-0.1, -0.05) is 0 Å². The fourth-order valence-electron chi connectivity index (χ4n) is 3.16. The fourth-order valence-corrected chi connectivity index (χ4v) is 3.16. The second kappa shape index (κ2) is 7.92. The van der Waals surface area contributed by atoms with Gasteiger partial charge in [0.05, 0.1) is 19.3 Å². The molecule has 0 spiro atoms. The molecule has 0 radical (unpaired) electrons. The van der Waals surface area contributed by atoms with Gasteiger partial charge in [-0.3, -0.25) is 14.5 Å². The topological polar surface area (TPSA) is 61.9 Å². The Morgan fingerprint density at radius 1 is 1.05 bits per heavy atom. The summed E-state index contributed by atoms with van der Waals surface area (Å²) in [5.41, 5.74) is 0. The van der Waals surface area contributed by atoms with Crippen molar-refractivity contribution in [3.63, 3.8) is 0 Å². The molecule has 22 heavy (non-hydrogen) atoms. The zero-order valence-corrected chi connectivity index (χ0v) is 14.0. The Labute approximate surface area is 133 Å². The number of morpholine rings is 1. The van der Waals surface area contributed by atoms with E-state index in [4.69, 9.17) is 4.74 Å². The van der Waals surface area contributed by atoms with E-state index < -0.39 is 0 Å². The van der Waals surface area contributed by atoms with Gasteiger partial charge in [0.2, 0.25) is 11.8 Å². The van der Waals surface area contributed by atoms with Gasteiger partial charge in [0.1, 0.15) is 0 Å². The molecule has 0 saturated carbocycles. The Hall–Kier alpha value is -1.14. The van der Waals surface area contributed by atoms with Crippen molar-refractivity contribution in [3.8, 4) is 0 Å². The number of nitrogens with zero attached hydrogens (tertiary/aromatic N) is 2. The van der Waals surface area contributed by atoms with E-state index in [-0.39, 0.29) is 29.8 Å². The van der Waals surface area contributed by atoms with E-state index in [2.05, 4.69) is 10.2 Å². The maximum atomic E-state index is 12.5. The van der Waals surface area contributed by atoms with E-state index in [0.717, 1.165) is 25.9 Å². The standard InChI is InChI=1S/C16H29N3O3/c1-12(2)17-15(20)14-4-6-18(7-5-14)13(3)16(21)19-8-10-22-11-9-19/h12-14H,4-11H2,1-3H3,(H,17,20). The highest BCUT2D eigenvalue weighted by molar-refractivity contribution is 5.82. The van der Waals surface area contributed by atoms with Gasteiger partial charge >= 0.3 is 0 Å². The van der Waals surface area contributed by atoms with Crippen LogP contribution >= 0.6 is 0 Å². The molecule has 0 aliphatic carbocycles. The van der Waals surface area contributed by atoms with Gasteiger partial charge in [0, 0.05) is 25.0 Å². The van der Waals surface area contributed by atoms with Crippen molar-refractivity contribution in [1.82, 2.24) is 15.1 Å². The second-order valence-corrected chi connectivity index (χ2v) is 6.59. The normalized spacial score (nSPS) is 22.6. The largest absolute Gasteiger partial charge is 0.378 e. The average molecular weight is 311 g/mol. The van der Waals surface area contributed by atoms with Crippen LogP contribution in [0.5, 0.6) is 0 Å². The van der Waals surface area contributed by atoms with Crippen LogP contribution in [0.1, 0.15) is 33.6 Å². The van der Waals surface area contributed by atoms with E-state index >= 15 is 0 Å². The van der Waals surface area contributed by atoms with Crippen LogP contribution in [0, 0.1) is 5.92 Å². The van der Waals surface area contributed by atoms with E-state index in [1.807, 2.05) is 25.7 Å². The maximum Gasteiger partial charge on any atom is 0.239 e. The number of amides is 2. The molecule has 126 valence electrons. The van der Waals surface area contributed by atoms with Crippen molar-refractivity contribution in [2.24, 2.45) is 5.92 Å². The van der Waals surface area contributed by atoms with Crippen molar-refractivity contribution in [2.45, 2.75) is 45.7 Å². The van der Waals surface area contributed by atoms with Crippen molar-refractivity contribution in [3.05, 3.63) is 0 Å². The molecule has 6 nitrogen and oxygen atoms in total. The summed E-state index contributed by atoms with van der Waals surface area (Å²) in [6.45, 7) is 10.2. The van der Waals surface area contributed by atoms with Gasteiger partial charge in [-0.2, -0.15) is 0 Å². The molecule has 0 aromatic rings. The highest BCUT2D eigenvalue weighted by atomic mass is 16.5. The molecule has 6 heteroatoms. The molecule has 2 heterocycles. The minimum atomic E-state index is -0.104. The molecule has 2 amide bonds. The zero-order valence-electron chi connectivity index (χ0n) is 14.0. The monoisotopic (exact) mass is 311 g/mol. The second-order valence-electron chi connectivity index (χ2n) is 6.59. The number of nitrogens with one attached hydrogen (secondary N) is 1. The maximum absolute atomic E-state index is 12.5. The molecule has 1 N–H and O–H groups in total. The Bertz CT molecular complexity index is 386. The highest BCUT2D eigenvalue weighted by Gasteiger charge is 2.32. The molecular weight excluding hydrogens is 282 g/mol. The molecule has 2 aliphatic heterocycles. The van der Waals surface area contributed by atoms with Gasteiger partial charge in [0.15, 0.2) is 0 Å². The van der Waals surface area contributed by atoms with Gasteiger partial charge in [-0.05, 0) is 46.7 Å². The summed E-state index contributed by atoms with van der Waals surface area (Å²) in [5, 5.41) is 2.98. The highest BCUT2D eigenvalue weighted by Crippen LogP contribution is 2.20. The summed E-state index contributed by atoms with van der Waals surface area (Å²) in [6, 6.07) is 0.0829. The van der Waals surface area contributed by atoms with E-state index in [0.29, 0.717) is 26.3 Å². The van der Waals surface area contributed by atoms with Crippen LogP contribution in [0.4, 0.5) is 0 Å². The molecule has 1 unspecified atom stereocenters. The third kappa shape index (κ3) is 4.43. The van der Waals surface area contributed by atoms with E-state index in [1.165, 1.54) is 0 Å². The van der Waals surface area contributed by atoms with Crippen LogP contribution in [-0.2, 0) is 14.3 Å². The van der Waals surface area contributed by atoms with Crippen LogP contribution in [0.3, 0.4) is 0 Å². The number of hydrogen-bond acceptors (Lipinski definition) is 4. The van der Waals surface area contributed by atoms with Crippen molar-refractivity contribution < 1.29 is 14.3 Å². The third-order valence-corrected chi connectivity index (χ3v) is 4.56. The number of rotatable bonds is 4. The summed E-state index contributed by atoms with van der Waals surface area (Å²) < 4.78 is 5.30. The van der Waals surface area contributed by atoms with Crippen LogP contribution in [0.2, 0.25) is 0 Å². The van der Waals surface area contributed by atoms with E-state index in [9.17, 15) is 9.59 Å². The summed E-state index contributed by atoms with van der Waals surface area (Å²) in [4.78, 5) is 28.7. The minimum absolute atomic E-state index is 0.0874. The molecule has 2 fully saturated rings. The number of likely N-dealkylation sites (tertiary alicyclic amines) is 1. The molecular formula is C16H29N3O3. The first-order valence-corrected chi connectivity index (χ1v) is 8.40. The molecule has 0 aromatic carbocycles. The van der Waals surface area contributed by atoms with Crippen LogP contribution < -0.4 is 5.32 Å². The lowest BCUT2D eigenvalue weighted by atomic mass is 9.94. The molecule has 1 atom stereocenters. The van der Waals surface area contributed by atoms with Crippen LogP contribution in [0.15, 0.2) is 0 Å². The number of piperidine rings is 1. The lowest BCUT2D eigenvalue weighted by Crippen LogP contribution is -2.53. The Kier molecular flexibility index (Phi) is 6.20. The number of carbonyl (C=O) groups excluding carboxylic acids is 2. The van der Waals surface area contributed by atoms with E-state index in [1.54, 1.807) is 0 Å². The minimum Gasteiger partial charge on any atom is -0.378 e. The predicted octanol–water partition coefficient (Wildman–Crippen LogP) is 0.470. The molecule has 2 aliphatic rings. The smallest absolute Gasteiger partial charge is 0.239 e. The summed E-state index contributed by atoms with van der Waals surface area (Å²) in [5.74, 6) is 0.430. The average Bonchev–Trinajstić information content (AvgIpc) is 2.54. The molecule has 2 saturated heterocycles. The van der Waals surface area contributed by atoms with Crippen LogP contribution in [0.25, 0.3) is 0 Å². The lowest BCUT2D eigenvalue weighted by molar-refractivity contribution is -0.141. The van der Waals surface area contributed by atoms with Gasteiger partial charge in [0.25, 0.3) is 0 Å². The number of carbonyl (C=O) groups is 2. The number of hydrogen-bond donors (Lipinski definition) is 1. The molecule has 0 bridgehead atoms. The fraction of sp³-hybridized carbons (Fsp3) is 0.875. The van der Waals surface area contributed by atoms with Gasteiger partial charge in [-0.25, -0.2) is 0 Å². The summed E-state index contributed by atoms with van der Waals surface area (Å²) in [6.07, 6.45) is 1.67. The Morgan fingerprint density at radius 3 is 2.18 bits per heavy atom. The SMILES string of the molecule is CC(C)NC(=O)C1CCN(C(C)C(=O)N2CCOCC2)CC1. The quantitative estimate of drug-likeness (QED) is 0.820. The summed E-state index contributed by atoms with van der Waals surface area (Å²) in [7, 11) is 0. The van der Waals surface area contributed by atoms with Crippen molar-refractivity contribution in [1.29, 1.82) is 0 Å². The first-order chi connectivity index (χ1) is 10.5.